The molecule has 0 atom stereocenters. The predicted molar refractivity (Wildman–Crippen MR) is 67.2 cm³/mol. The number of ether oxygens (including phenoxy) is 3. The topological polar surface area (TPSA) is 78.9 Å². The fraction of sp³-hybridized carbons (Fsp3) is 0.769. The average Bonchev–Trinajstić information content (AvgIpc) is 2.31. The Balaban J connectivity index is 4.57. The molecule has 0 radical (unpaired) electrons. The van der Waals surface area contributed by atoms with E-state index in [4.69, 9.17) is 14.2 Å². The van der Waals surface area contributed by atoms with Gasteiger partial charge in [-0.25, -0.2) is 0 Å². The van der Waals surface area contributed by atoms with Crippen LogP contribution >= 0.6 is 0 Å². The van der Waals surface area contributed by atoms with E-state index in [0.29, 0.717) is 12.8 Å². The molecule has 110 valence electrons. The quantitative estimate of drug-likeness (QED) is 0.492. The van der Waals surface area contributed by atoms with E-state index in [2.05, 4.69) is 0 Å². The SMILES string of the molecule is CCC(CCOC(C)=O)(COC(C)=O)COC(C)=O. The van der Waals surface area contributed by atoms with Crippen LogP contribution in [-0.2, 0) is 28.6 Å². The lowest BCUT2D eigenvalue weighted by atomic mass is 9.83. The molecule has 6 nitrogen and oxygen atoms in total. The van der Waals surface area contributed by atoms with E-state index >= 15 is 0 Å². The summed E-state index contributed by atoms with van der Waals surface area (Å²) in [5, 5.41) is 0. The van der Waals surface area contributed by atoms with Gasteiger partial charge in [0.2, 0.25) is 0 Å². The lowest BCUT2D eigenvalue weighted by Crippen LogP contribution is -2.35. The molecule has 0 aromatic heterocycles. The van der Waals surface area contributed by atoms with Crippen molar-refractivity contribution in [1.29, 1.82) is 0 Å². The van der Waals surface area contributed by atoms with Crippen LogP contribution in [0.15, 0.2) is 0 Å². The summed E-state index contributed by atoms with van der Waals surface area (Å²) < 4.78 is 14.9. The van der Waals surface area contributed by atoms with Gasteiger partial charge in [-0.1, -0.05) is 6.92 Å². The normalized spacial score (nSPS) is 10.7. The van der Waals surface area contributed by atoms with Gasteiger partial charge < -0.3 is 14.2 Å². The fourth-order valence-corrected chi connectivity index (χ4v) is 1.49. The minimum atomic E-state index is -0.521. The Bertz CT molecular complexity index is 305. The number of carbonyl (C=O) groups is 3. The van der Waals surface area contributed by atoms with Crippen molar-refractivity contribution in [3.05, 3.63) is 0 Å². The number of hydrogen-bond donors (Lipinski definition) is 0. The zero-order valence-electron chi connectivity index (χ0n) is 12.0. The third-order valence-electron chi connectivity index (χ3n) is 2.85. The van der Waals surface area contributed by atoms with E-state index in [1.54, 1.807) is 0 Å². The van der Waals surface area contributed by atoms with Gasteiger partial charge in [0, 0.05) is 26.2 Å². The third kappa shape index (κ3) is 8.18. The summed E-state index contributed by atoms with van der Waals surface area (Å²) in [6, 6.07) is 0. The van der Waals surface area contributed by atoms with Gasteiger partial charge in [-0.05, 0) is 12.8 Å². The van der Waals surface area contributed by atoms with Crippen molar-refractivity contribution in [2.24, 2.45) is 5.41 Å². The van der Waals surface area contributed by atoms with Crippen molar-refractivity contribution in [2.75, 3.05) is 19.8 Å². The molecule has 0 saturated heterocycles. The van der Waals surface area contributed by atoms with Crippen LogP contribution in [-0.4, -0.2) is 37.7 Å². The van der Waals surface area contributed by atoms with Crippen LogP contribution in [0.25, 0.3) is 0 Å². The lowest BCUT2D eigenvalue weighted by Gasteiger charge is -2.31. The molecule has 0 bridgehead atoms. The number of carbonyl (C=O) groups excluding carboxylic acids is 3. The highest BCUT2D eigenvalue weighted by Gasteiger charge is 2.31. The van der Waals surface area contributed by atoms with Crippen LogP contribution in [0.3, 0.4) is 0 Å². The largest absolute Gasteiger partial charge is 0.466 e. The Labute approximate surface area is 113 Å². The van der Waals surface area contributed by atoms with Crippen LogP contribution in [0, 0.1) is 5.41 Å². The first-order chi connectivity index (χ1) is 8.81. The summed E-state index contributed by atoms with van der Waals surface area (Å²) in [4.78, 5) is 32.6. The molecule has 0 aliphatic carbocycles. The van der Waals surface area contributed by atoms with Crippen molar-refractivity contribution in [3.63, 3.8) is 0 Å². The van der Waals surface area contributed by atoms with Gasteiger partial charge in [-0.15, -0.1) is 0 Å². The van der Waals surface area contributed by atoms with Gasteiger partial charge in [0.05, 0.1) is 6.61 Å². The number of hydrogen-bond acceptors (Lipinski definition) is 6. The summed E-state index contributed by atoms with van der Waals surface area (Å²) in [5.41, 5.74) is -0.521. The Kier molecular flexibility index (Phi) is 7.79. The summed E-state index contributed by atoms with van der Waals surface area (Å²) in [6.07, 6.45) is 1.10. The molecule has 0 spiro atoms. The summed E-state index contributed by atoms with van der Waals surface area (Å²) in [7, 11) is 0. The van der Waals surface area contributed by atoms with E-state index in [1.165, 1.54) is 20.8 Å². The monoisotopic (exact) mass is 274 g/mol. The zero-order chi connectivity index (χ0) is 14.9. The molecule has 0 aliphatic heterocycles. The van der Waals surface area contributed by atoms with E-state index in [9.17, 15) is 14.4 Å². The van der Waals surface area contributed by atoms with E-state index < -0.39 is 17.4 Å². The van der Waals surface area contributed by atoms with E-state index in [0.717, 1.165) is 0 Å². The molecular formula is C13H22O6. The third-order valence-corrected chi connectivity index (χ3v) is 2.85. The first-order valence-electron chi connectivity index (χ1n) is 6.21. The molecule has 0 aromatic rings. The molecule has 0 N–H and O–H groups in total. The maximum absolute atomic E-state index is 10.9. The van der Waals surface area contributed by atoms with Crippen molar-refractivity contribution in [2.45, 2.75) is 40.5 Å². The second-order valence-corrected chi connectivity index (χ2v) is 4.50. The highest BCUT2D eigenvalue weighted by Crippen LogP contribution is 2.28. The standard InChI is InChI=1S/C13H22O6/c1-5-13(8-18-11(3)15,9-19-12(4)16)6-7-17-10(2)14/h5-9H2,1-4H3. The molecule has 0 saturated carbocycles. The zero-order valence-corrected chi connectivity index (χ0v) is 12.0. The van der Waals surface area contributed by atoms with E-state index in [-0.39, 0.29) is 25.8 Å². The number of rotatable bonds is 8. The van der Waals surface area contributed by atoms with Crippen LogP contribution < -0.4 is 0 Å². The molecule has 0 aliphatic rings. The van der Waals surface area contributed by atoms with Gasteiger partial charge in [0.1, 0.15) is 13.2 Å². The smallest absolute Gasteiger partial charge is 0.302 e. The van der Waals surface area contributed by atoms with Gasteiger partial charge in [0.25, 0.3) is 0 Å². The fourth-order valence-electron chi connectivity index (χ4n) is 1.49. The minimum absolute atomic E-state index is 0.132. The Morgan fingerprint density at radius 2 is 1.26 bits per heavy atom. The highest BCUT2D eigenvalue weighted by molar-refractivity contribution is 5.66. The van der Waals surface area contributed by atoms with E-state index in [1.807, 2.05) is 6.92 Å². The Morgan fingerprint density at radius 1 is 0.842 bits per heavy atom. The molecular weight excluding hydrogens is 252 g/mol. The molecule has 0 fully saturated rings. The predicted octanol–water partition coefficient (Wildman–Crippen LogP) is 1.46. The Morgan fingerprint density at radius 3 is 1.58 bits per heavy atom. The van der Waals surface area contributed by atoms with Crippen molar-refractivity contribution < 1.29 is 28.6 Å². The molecule has 19 heavy (non-hydrogen) atoms. The van der Waals surface area contributed by atoms with Crippen LogP contribution in [0.2, 0.25) is 0 Å². The summed E-state index contributed by atoms with van der Waals surface area (Å²) in [5.74, 6) is -1.16. The number of esters is 3. The van der Waals surface area contributed by atoms with Gasteiger partial charge in [-0.2, -0.15) is 0 Å². The summed E-state index contributed by atoms with van der Waals surface area (Å²) in [6.45, 7) is 6.33. The summed E-state index contributed by atoms with van der Waals surface area (Å²) >= 11 is 0. The van der Waals surface area contributed by atoms with Gasteiger partial charge in [0.15, 0.2) is 0 Å². The molecule has 0 aromatic carbocycles. The first kappa shape index (κ1) is 17.4. The Hall–Kier alpha value is -1.59. The first-order valence-corrected chi connectivity index (χ1v) is 6.21. The maximum atomic E-state index is 10.9. The molecule has 6 heteroatoms. The second-order valence-electron chi connectivity index (χ2n) is 4.50. The van der Waals surface area contributed by atoms with Gasteiger partial charge in [-0.3, -0.25) is 14.4 Å². The van der Waals surface area contributed by atoms with Crippen LogP contribution in [0.5, 0.6) is 0 Å². The minimum Gasteiger partial charge on any atom is -0.466 e. The molecule has 0 rings (SSSR count). The molecule has 0 unspecified atom stereocenters. The lowest BCUT2D eigenvalue weighted by molar-refractivity contribution is -0.155. The second kappa shape index (κ2) is 8.50. The molecule has 0 heterocycles. The average molecular weight is 274 g/mol. The van der Waals surface area contributed by atoms with Crippen LogP contribution in [0.4, 0.5) is 0 Å². The van der Waals surface area contributed by atoms with Crippen molar-refractivity contribution in [1.82, 2.24) is 0 Å². The van der Waals surface area contributed by atoms with Crippen molar-refractivity contribution >= 4 is 17.9 Å². The van der Waals surface area contributed by atoms with Crippen LogP contribution in [0.1, 0.15) is 40.5 Å². The highest BCUT2D eigenvalue weighted by atomic mass is 16.5. The maximum Gasteiger partial charge on any atom is 0.302 e. The van der Waals surface area contributed by atoms with Crippen molar-refractivity contribution in [3.8, 4) is 0 Å². The molecule has 0 amide bonds. The van der Waals surface area contributed by atoms with Gasteiger partial charge >= 0.3 is 17.9 Å².